The lowest BCUT2D eigenvalue weighted by Crippen LogP contribution is -2.20. The quantitative estimate of drug-likeness (QED) is 0.448. The molecule has 1 amide bonds. The molecule has 0 heterocycles. The molecule has 0 aliphatic rings. The van der Waals surface area contributed by atoms with Crippen molar-refractivity contribution in [2.75, 3.05) is 6.61 Å². The molecule has 6 heteroatoms. The Morgan fingerprint density at radius 1 is 1.39 bits per heavy atom. The largest absolute Gasteiger partial charge is 0.494 e. The average Bonchev–Trinajstić information content (AvgIpc) is 2.31. The van der Waals surface area contributed by atoms with Gasteiger partial charge in [0.25, 0.3) is 5.91 Å². The van der Waals surface area contributed by atoms with Crippen molar-refractivity contribution >= 4 is 18.1 Å². The average molecular weight is 250 g/mol. The van der Waals surface area contributed by atoms with E-state index < -0.39 is 18.3 Å². The smallest absolute Gasteiger partial charge is 0.312 e. The first-order valence-electron chi connectivity index (χ1n) is 5.38. The van der Waals surface area contributed by atoms with Crippen LogP contribution in [-0.2, 0) is 9.59 Å². The summed E-state index contributed by atoms with van der Waals surface area (Å²) >= 11 is 0. The fourth-order valence-corrected chi connectivity index (χ4v) is 1.17. The predicted octanol–water partition coefficient (Wildman–Crippen LogP) is 1.01. The molecule has 96 valence electrons. The number of carbonyl (C=O) groups excluding carboxylic acids is 1. The van der Waals surface area contributed by atoms with Gasteiger partial charge in [0, 0.05) is 0 Å². The van der Waals surface area contributed by atoms with Gasteiger partial charge in [0.1, 0.15) is 12.2 Å². The van der Waals surface area contributed by atoms with Gasteiger partial charge in [0.05, 0.1) is 12.8 Å². The molecule has 18 heavy (non-hydrogen) atoms. The van der Waals surface area contributed by atoms with Crippen LogP contribution in [0.4, 0.5) is 0 Å². The topological polar surface area (TPSA) is 88.0 Å². The molecule has 1 aromatic rings. The van der Waals surface area contributed by atoms with E-state index in [0.717, 1.165) is 11.3 Å². The number of rotatable bonds is 6. The summed E-state index contributed by atoms with van der Waals surface area (Å²) in [5.74, 6) is -1.10. The van der Waals surface area contributed by atoms with Gasteiger partial charge in [-0.3, -0.25) is 9.59 Å². The number of hydrogen-bond acceptors (Lipinski definition) is 4. The third kappa shape index (κ3) is 5.11. The first kappa shape index (κ1) is 13.7. The van der Waals surface area contributed by atoms with Crippen LogP contribution in [0.1, 0.15) is 18.9 Å². The molecule has 0 aromatic heterocycles. The van der Waals surface area contributed by atoms with E-state index in [1.54, 1.807) is 24.3 Å². The second-order valence-corrected chi connectivity index (χ2v) is 3.37. The molecule has 1 aromatic carbocycles. The fourth-order valence-electron chi connectivity index (χ4n) is 1.17. The number of ether oxygens (including phenoxy) is 1. The maximum absolute atomic E-state index is 11.0. The standard InChI is InChI=1S/C12H14N2O4/c1-2-18-10-5-3-9(4-6-10)8-13-14-11(15)7-12(16)17/h3-6,8H,2,7H2,1H3,(H,14,15)(H,16,17)/b13-8+. The zero-order valence-corrected chi connectivity index (χ0v) is 9.92. The van der Waals surface area contributed by atoms with Crippen molar-refractivity contribution in [1.29, 1.82) is 0 Å². The number of nitrogens with zero attached hydrogens (tertiary/aromatic N) is 1. The van der Waals surface area contributed by atoms with Crippen molar-refractivity contribution in [3.05, 3.63) is 29.8 Å². The number of aliphatic carboxylic acids is 1. The van der Waals surface area contributed by atoms with Gasteiger partial charge in [0.2, 0.25) is 0 Å². The minimum atomic E-state index is -1.19. The highest BCUT2D eigenvalue weighted by molar-refractivity contribution is 5.93. The molecule has 0 saturated heterocycles. The Balaban J connectivity index is 2.46. The summed E-state index contributed by atoms with van der Waals surface area (Å²) in [6, 6.07) is 7.11. The summed E-state index contributed by atoms with van der Waals surface area (Å²) in [7, 11) is 0. The van der Waals surface area contributed by atoms with Crippen LogP contribution < -0.4 is 10.2 Å². The maximum Gasteiger partial charge on any atom is 0.312 e. The fraction of sp³-hybridized carbons (Fsp3) is 0.250. The number of carboxylic acid groups (broad SMARTS) is 1. The van der Waals surface area contributed by atoms with Crippen molar-refractivity contribution in [2.45, 2.75) is 13.3 Å². The molecular formula is C12H14N2O4. The van der Waals surface area contributed by atoms with E-state index in [2.05, 4.69) is 10.5 Å². The molecule has 0 fully saturated rings. The van der Waals surface area contributed by atoms with Crippen molar-refractivity contribution < 1.29 is 19.4 Å². The number of amides is 1. The zero-order chi connectivity index (χ0) is 13.4. The molecule has 0 saturated carbocycles. The molecule has 0 spiro atoms. The highest BCUT2D eigenvalue weighted by Crippen LogP contribution is 2.10. The molecule has 0 aliphatic carbocycles. The number of carbonyl (C=O) groups is 2. The van der Waals surface area contributed by atoms with E-state index in [4.69, 9.17) is 9.84 Å². The van der Waals surface area contributed by atoms with Crippen LogP contribution in [0.3, 0.4) is 0 Å². The Kier molecular flexibility index (Phi) is 5.37. The Labute approximate surface area is 104 Å². The highest BCUT2D eigenvalue weighted by atomic mass is 16.5. The molecule has 6 nitrogen and oxygen atoms in total. The molecule has 2 N–H and O–H groups in total. The monoisotopic (exact) mass is 250 g/mol. The Hall–Kier alpha value is -2.37. The lowest BCUT2D eigenvalue weighted by atomic mass is 10.2. The second kappa shape index (κ2) is 7.05. The number of carboxylic acids is 1. The van der Waals surface area contributed by atoms with Gasteiger partial charge in [-0.2, -0.15) is 5.10 Å². The van der Waals surface area contributed by atoms with Crippen molar-refractivity contribution in [3.8, 4) is 5.75 Å². The SMILES string of the molecule is CCOc1ccc(/C=N/NC(=O)CC(=O)O)cc1. The summed E-state index contributed by atoms with van der Waals surface area (Å²) in [6.45, 7) is 2.49. The van der Waals surface area contributed by atoms with Gasteiger partial charge < -0.3 is 9.84 Å². The van der Waals surface area contributed by atoms with Crippen molar-refractivity contribution in [2.24, 2.45) is 5.10 Å². The van der Waals surface area contributed by atoms with E-state index in [0.29, 0.717) is 6.61 Å². The van der Waals surface area contributed by atoms with E-state index in [1.165, 1.54) is 6.21 Å². The molecule has 0 bridgehead atoms. The highest BCUT2D eigenvalue weighted by Gasteiger charge is 2.04. The Morgan fingerprint density at radius 2 is 2.06 bits per heavy atom. The maximum atomic E-state index is 11.0. The second-order valence-electron chi connectivity index (χ2n) is 3.37. The first-order valence-corrected chi connectivity index (χ1v) is 5.38. The minimum Gasteiger partial charge on any atom is -0.494 e. The van der Waals surface area contributed by atoms with Gasteiger partial charge in [-0.25, -0.2) is 5.43 Å². The van der Waals surface area contributed by atoms with Gasteiger partial charge >= 0.3 is 5.97 Å². The lowest BCUT2D eigenvalue weighted by Gasteiger charge is -2.02. The van der Waals surface area contributed by atoms with Crippen molar-refractivity contribution in [1.82, 2.24) is 5.43 Å². The number of benzene rings is 1. The van der Waals surface area contributed by atoms with Gasteiger partial charge in [-0.15, -0.1) is 0 Å². The molecule has 0 unspecified atom stereocenters. The number of hydrogen-bond donors (Lipinski definition) is 2. The molecule has 1 rings (SSSR count). The third-order valence-corrected chi connectivity index (χ3v) is 1.91. The van der Waals surface area contributed by atoms with E-state index in [1.807, 2.05) is 6.92 Å². The van der Waals surface area contributed by atoms with Crippen LogP contribution in [0.2, 0.25) is 0 Å². The van der Waals surface area contributed by atoms with Gasteiger partial charge in [0.15, 0.2) is 0 Å². The summed E-state index contributed by atoms with van der Waals surface area (Å²) in [5, 5.41) is 12.0. The minimum absolute atomic E-state index is 0.596. The zero-order valence-electron chi connectivity index (χ0n) is 9.92. The molecule has 0 aliphatic heterocycles. The summed E-state index contributed by atoms with van der Waals surface area (Å²) in [4.78, 5) is 21.2. The predicted molar refractivity (Wildman–Crippen MR) is 65.6 cm³/mol. The van der Waals surface area contributed by atoms with Crippen LogP contribution in [0.25, 0.3) is 0 Å². The third-order valence-electron chi connectivity index (χ3n) is 1.91. The van der Waals surface area contributed by atoms with E-state index in [-0.39, 0.29) is 0 Å². The normalized spacial score (nSPS) is 10.3. The molecule has 0 radical (unpaired) electrons. The van der Waals surface area contributed by atoms with Crippen LogP contribution in [0.5, 0.6) is 5.75 Å². The first-order chi connectivity index (χ1) is 8.61. The summed E-state index contributed by atoms with van der Waals surface area (Å²) in [5.41, 5.74) is 2.89. The Morgan fingerprint density at radius 3 is 2.61 bits per heavy atom. The van der Waals surface area contributed by atoms with Gasteiger partial charge in [-0.05, 0) is 36.8 Å². The van der Waals surface area contributed by atoms with Crippen LogP contribution in [0, 0.1) is 0 Å². The summed E-state index contributed by atoms with van der Waals surface area (Å²) in [6.07, 6.45) is 0.829. The summed E-state index contributed by atoms with van der Waals surface area (Å²) < 4.78 is 5.27. The molecular weight excluding hydrogens is 236 g/mol. The van der Waals surface area contributed by atoms with Crippen LogP contribution in [-0.4, -0.2) is 29.8 Å². The van der Waals surface area contributed by atoms with E-state index >= 15 is 0 Å². The Bertz CT molecular complexity index is 440. The molecule has 0 atom stereocenters. The lowest BCUT2D eigenvalue weighted by molar-refractivity contribution is -0.140. The van der Waals surface area contributed by atoms with E-state index in [9.17, 15) is 9.59 Å². The van der Waals surface area contributed by atoms with Crippen LogP contribution in [0.15, 0.2) is 29.4 Å². The number of hydrazone groups is 1. The number of nitrogens with one attached hydrogen (secondary N) is 1. The van der Waals surface area contributed by atoms with Gasteiger partial charge in [-0.1, -0.05) is 0 Å². The van der Waals surface area contributed by atoms with Crippen molar-refractivity contribution in [3.63, 3.8) is 0 Å². The van der Waals surface area contributed by atoms with Crippen LogP contribution >= 0.6 is 0 Å².